The summed E-state index contributed by atoms with van der Waals surface area (Å²) in [6.07, 6.45) is -2.00. The molecule has 2 fully saturated rings. The van der Waals surface area contributed by atoms with Gasteiger partial charge in [0, 0.05) is 13.1 Å². The molecule has 152 valence electrons. The van der Waals surface area contributed by atoms with Crippen LogP contribution in [0.1, 0.15) is 6.23 Å². The van der Waals surface area contributed by atoms with E-state index in [-0.39, 0.29) is 25.5 Å². The summed E-state index contributed by atoms with van der Waals surface area (Å²) in [6.45, 7) is 0.179. The highest BCUT2D eigenvalue weighted by molar-refractivity contribution is 7.47. The maximum Gasteiger partial charge on any atom is 0.472 e. The molecule has 4 rings (SSSR count). The lowest BCUT2D eigenvalue weighted by Gasteiger charge is -2.29. The van der Waals surface area contributed by atoms with Crippen LogP contribution in [0, 0.1) is 0 Å². The van der Waals surface area contributed by atoms with Crippen molar-refractivity contribution >= 4 is 30.9 Å². The highest BCUT2D eigenvalue weighted by Gasteiger charge is 2.55. The second-order valence-electron chi connectivity index (χ2n) is 6.07. The number of hydrogen-bond donors (Lipinski definition) is 4. The van der Waals surface area contributed by atoms with Crippen LogP contribution in [0.25, 0.3) is 11.2 Å². The number of carbonyl (C=O) groups excluding carboxylic acids is 1. The number of imidazole rings is 1. The largest absolute Gasteiger partial charge is 0.472 e. The molecule has 2 saturated heterocycles. The molecular formula is C13H18N7O7P. The van der Waals surface area contributed by atoms with Crippen molar-refractivity contribution < 1.29 is 32.8 Å². The van der Waals surface area contributed by atoms with E-state index in [4.69, 9.17) is 30.0 Å². The average Bonchev–Trinajstić information content (AvgIpc) is 3.22. The number of fused-ring (bicyclic) bond motifs is 2. The lowest BCUT2D eigenvalue weighted by molar-refractivity contribution is -0.0665. The number of phosphoric acid groups is 1. The number of nitrogens with zero attached hydrogens (tertiary/aromatic N) is 4. The summed E-state index contributed by atoms with van der Waals surface area (Å²) in [5, 5.41) is 2.46. The van der Waals surface area contributed by atoms with E-state index in [0.717, 1.165) is 0 Å². The maximum atomic E-state index is 12.1. The number of nitrogens with one attached hydrogen (secondary N) is 1. The number of aromatic nitrogens is 4. The van der Waals surface area contributed by atoms with Gasteiger partial charge in [-0.3, -0.25) is 13.6 Å². The van der Waals surface area contributed by atoms with E-state index in [1.807, 2.05) is 0 Å². The zero-order valence-electron chi connectivity index (χ0n) is 14.4. The number of rotatable bonds is 4. The number of alkyl carbamates (subject to hydrolysis) is 1. The Balaban J connectivity index is 1.68. The summed E-state index contributed by atoms with van der Waals surface area (Å²) in [4.78, 5) is 33.9. The molecular weight excluding hydrogens is 397 g/mol. The minimum absolute atomic E-state index is 0.164. The summed E-state index contributed by atoms with van der Waals surface area (Å²) < 4.78 is 34.6. The summed E-state index contributed by atoms with van der Waals surface area (Å²) in [7, 11) is -4.30. The van der Waals surface area contributed by atoms with Crippen LogP contribution in [0.3, 0.4) is 0 Å². The molecule has 5 atom stereocenters. The molecule has 1 amide bonds. The van der Waals surface area contributed by atoms with Gasteiger partial charge in [-0.15, -0.1) is 0 Å². The maximum absolute atomic E-state index is 12.1. The van der Waals surface area contributed by atoms with Gasteiger partial charge in [-0.25, -0.2) is 24.3 Å². The van der Waals surface area contributed by atoms with Crippen molar-refractivity contribution in [1.82, 2.24) is 24.8 Å². The van der Waals surface area contributed by atoms with Gasteiger partial charge in [0.25, 0.3) is 0 Å². The van der Waals surface area contributed by atoms with E-state index in [9.17, 15) is 14.3 Å². The summed E-state index contributed by atoms with van der Waals surface area (Å²) in [5.41, 5.74) is 11.8. The van der Waals surface area contributed by atoms with E-state index in [1.54, 1.807) is 0 Å². The van der Waals surface area contributed by atoms with E-state index < -0.39 is 38.5 Å². The van der Waals surface area contributed by atoms with Crippen molar-refractivity contribution in [3.63, 3.8) is 0 Å². The van der Waals surface area contributed by atoms with Gasteiger partial charge in [0.1, 0.15) is 24.1 Å². The van der Waals surface area contributed by atoms with Crippen LogP contribution in [-0.2, 0) is 23.1 Å². The van der Waals surface area contributed by atoms with Crippen LogP contribution in [0.2, 0.25) is 0 Å². The molecule has 0 spiro atoms. The Bertz CT molecular complexity index is 939. The van der Waals surface area contributed by atoms with Crippen molar-refractivity contribution in [2.45, 2.75) is 24.5 Å². The van der Waals surface area contributed by atoms with E-state index >= 15 is 0 Å². The highest BCUT2D eigenvalue weighted by atomic mass is 31.2. The third kappa shape index (κ3) is 3.41. The Morgan fingerprint density at radius 2 is 2.29 bits per heavy atom. The highest BCUT2D eigenvalue weighted by Crippen LogP contribution is 2.53. The molecule has 2 unspecified atom stereocenters. The predicted molar refractivity (Wildman–Crippen MR) is 91.6 cm³/mol. The molecule has 28 heavy (non-hydrogen) atoms. The number of carbonyl (C=O) groups is 1. The molecule has 15 heteroatoms. The third-order valence-corrected chi connectivity index (χ3v) is 5.25. The summed E-state index contributed by atoms with van der Waals surface area (Å²) in [6, 6.07) is 0. The molecule has 0 aliphatic carbocycles. The Morgan fingerprint density at radius 3 is 3.07 bits per heavy atom. The Labute approximate surface area is 157 Å². The minimum atomic E-state index is -4.30. The molecule has 2 aromatic rings. The standard InChI is InChI=1S/C13H18N7O7P/c14-1-2-16-13(21)26-9-8-6(3-24-28(22,23)27-8)25-12(9)20-5-19-7-10(15)17-4-18-11(7)20/h4-6,8-9,12H,1-3,14H2,(H,16,21)(H,22,23)(H2,15,17,18)/t6-,8?,9-,12-/m1/s1. The number of phosphoric ester groups is 1. The zero-order chi connectivity index (χ0) is 19.9. The molecule has 2 aliphatic rings. The number of nitrogens with two attached hydrogens (primary N) is 2. The predicted octanol–water partition coefficient (Wildman–Crippen LogP) is -1.12. The van der Waals surface area contributed by atoms with E-state index in [2.05, 4.69) is 20.3 Å². The quantitative estimate of drug-likeness (QED) is 0.439. The second-order valence-corrected chi connectivity index (χ2v) is 7.47. The van der Waals surface area contributed by atoms with Crippen LogP contribution in [0.4, 0.5) is 10.6 Å². The third-order valence-electron chi connectivity index (χ3n) is 4.26. The van der Waals surface area contributed by atoms with Crippen molar-refractivity contribution in [1.29, 1.82) is 0 Å². The number of amides is 1. The number of hydrogen-bond acceptors (Lipinski definition) is 11. The fourth-order valence-corrected chi connectivity index (χ4v) is 4.03. The lowest BCUT2D eigenvalue weighted by Crippen LogP contribution is -2.43. The van der Waals surface area contributed by atoms with Crippen molar-refractivity contribution in [3.05, 3.63) is 12.7 Å². The first-order chi connectivity index (χ1) is 13.4. The number of anilines is 1. The molecule has 2 aliphatic heterocycles. The fourth-order valence-electron chi connectivity index (χ4n) is 3.07. The number of ether oxygens (including phenoxy) is 2. The van der Waals surface area contributed by atoms with Crippen molar-refractivity contribution in [3.8, 4) is 0 Å². The van der Waals surface area contributed by atoms with Crippen LogP contribution in [0.15, 0.2) is 12.7 Å². The minimum Gasteiger partial charge on any atom is -0.438 e. The fraction of sp³-hybridized carbons (Fsp3) is 0.538. The molecule has 6 N–H and O–H groups in total. The topological polar surface area (TPSA) is 199 Å². The van der Waals surface area contributed by atoms with Crippen LogP contribution < -0.4 is 16.8 Å². The second kappa shape index (κ2) is 7.24. The summed E-state index contributed by atoms with van der Waals surface area (Å²) in [5.74, 6) is 0.164. The monoisotopic (exact) mass is 415 g/mol. The Morgan fingerprint density at radius 1 is 1.46 bits per heavy atom. The van der Waals surface area contributed by atoms with Crippen LogP contribution in [0.5, 0.6) is 0 Å². The Kier molecular flexibility index (Phi) is 4.91. The van der Waals surface area contributed by atoms with Gasteiger partial charge in [-0.2, -0.15) is 0 Å². The van der Waals surface area contributed by atoms with Crippen molar-refractivity contribution in [2.24, 2.45) is 5.73 Å². The number of nitrogen functional groups attached to an aromatic ring is 1. The molecule has 14 nitrogen and oxygen atoms in total. The molecule has 0 saturated carbocycles. The zero-order valence-corrected chi connectivity index (χ0v) is 15.3. The molecule has 0 radical (unpaired) electrons. The molecule has 4 heterocycles. The lowest BCUT2D eigenvalue weighted by atomic mass is 10.1. The Hall–Kier alpha value is -2.35. The first kappa shape index (κ1) is 19.0. The van der Waals surface area contributed by atoms with Crippen molar-refractivity contribution in [2.75, 3.05) is 25.4 Å². The SMILES string of the molecule is NCCNC(=O)O[C@@H]1C2OP(=O)(O)OC[C@H]2O[C@H]1n1cnc2c(N)ncnc21. The smallest absolute Gasteiger partial charge is 0.438 e. The van der Waals surface area contributed by atoms with Gasteiger partial charge in [0.05, 0.1) is 12.9 Å². The summed E-state index contributed by atoms with van der Waals surface area (Å²) >= 11 is 0. The average molecular weight is 415 g/mol. The van der Waals surface area contributed by atoms with E-state index in [0.29, 0.717) is 11.2 Å². The van der Waals surface area contributed by atoms with Gasteiger partial charge < -0.3 is 31.2 Å². The molecule has 0 bridgehead atoms. The van der Waals surface area contributed by atoms with Crippen LogP contribution in [-0.4, -0.2) is 68.5 Å². The molecule has 0 aromatic carbocycles. The van der Waals surface area contributed by atoms with Gasteiger partial charge >= 0.3 is 13.9 Å². The van der Waals surface area contributed by atoms with Gasteiger partial charge in [0.15, 0.2) is 23.8 Å². The normalized spacial score (nSPS) is 32.2. The van der Waals surface area contributed by atoms with E-state index in [1.165, 1.54) is 17.2 Å². The molecule has 2 aromatic heterocycles. The van der Waals surface area contributed by atoms with Gasteiger partial charge in [-0.05, 0) is 0 Å². The van der Waals surface area contributed by atoms with Crippen LogP contribution >= 0.6 is 7.82 Å². The van der Waals surface area contributed by atoms with Gasteiger partial charge in [0.2, 0.25) is 0 Å². The first-order valence-electron chi connectivity index (χ1n) is 8.28. The first-order valence-corrected chi connectivity index (χ1v) is 9.78. The van der Waals surface area contributed by atoms with Gasteiger partial charge in [-0.1, -0.05) is 0 Å².